The standard InChI is InChI=1S/C17H18N4/c1-12-8-9-15(13(2)20-12)17(18)16-10-11-19-21(16)14-6-4-3-5-7-14/h3-11,17H,18H2,1-2H3. The Morgan fingerprint density at radius 3 is 2.48 bits per heavy atom. The van der Waals surface area contributed by atoms with E-state index in [1.54, 1.807) is 6.20 Å². The Bertz CT molecular complexity index is 746. The molecule has 0 amide bonds. The van der Waals surface area contributed by atoms with E-state index in [0.29, 0.717) is 0 Å². The number of aromatic nitrogens is 3. The van der Waals surface area contributed by atoms with Gasteiger partial charge in [0.2, 0.25) is 0 Å². The number of aryl methyl sites for hydroxylation is 2. The van der Waals surface area contributed by atoms with E-state index in [1.165, 1.54) is 0 Å². The molecule has 3 aromatic rings. The first-order chi connectivity index (χ1) is 10.2. The highest BCUT2D eigenvalue weighted by Crippen LogP contribution is 2.23. The van der Waals surface area contributed by atoms with Crippen molar-refractivity contribution in [3.63, 3.8) is 0 Å². The van der Waals surface area contributed by atoms with Crippen molar-refractivity contribution in [3.05, 3.63) is 77.4 Å². The summed E-state index contributed by atoms with van der Waals surface area (Å²) in [6.45, 7) is 3.97. The molecule has 0 saturated heterocycles. The molecule has 2 heterocycles. The molecule has 0 aliphatic rings. The molecule has 4 nitrogen and oxygen atoms in total. The number of nitrogens with zero attached hydrogens (tertiary/aromatic N) is 3. The lowest BCUT2D eigenvalue weighted by molar-refractivity contribution is 0.731. The van der Waals surface area contributed by atoms with Gasteiger partial charge in [0, 0.05) is 17.6 Å². The van der Waals surface area contributed by atoms with E-state index in [2.05, 4.69) is 10.1 Å². The second-order valence-electron chi connectivity index (χ2n) is 5.11. The van der Waals surface area contributed by atoms with Crippen LogP contribution in [0, 0.1) is 13.8 Å². The molecule has 0 saturated carbocycles. The normalized spacial score (nSPS) is 12.3. The van der Waals surface area contributed by atoms with Crippen LogP contribution in [0.2, 0.25) is 0 Å². The van der Waals surface area contributed by atoms with Crippen molar-refractivity contribution in [2.75, 3.05) is 0 Å². The lowest BCUT2D eigenvalue weighted by atomic mass is 10.0. The first-order valence-corrected chi connectivity index (χ1v) is 6.96. The van der Waals surface area contributed by atoms with Crippen LogP contribution in [0.15, 0.2) is 54.7 Å². The molecule has 0 bridgehead atoms. The zero-order valence-electron chi connectivity index (χ0n) is 12.2. The molecule has 4 heteroatoms. The minimum absolute atomic E-state index is 0.249. The zero-order valence-corrected chi connectivity index (χ0v) is 12.2. The molecule has 0 aliphatic carbocycles. The van der Waals surface area contributed by atoms with Crippen LogP contribution in [-0.4, -0.2) is 14.8 Å². The molecule has 106 valence electrons. The zero-order chi connectivity index (χ0) is 14.8. The molecule has 0 radical (unpaired) electrons. The van der Waals surface area contributed by atoms with Gasteiger partial charge in [0.1, 0.15) is 0 Å². The van der Waals surface area contributed by atoms with Crippen molar-refractivity contribution >= 4 is 0 Å². The van der Waals surface area contributed by atoms with E-state index < -0.39 is 0 Å². The van der Waals surface area contributed by atoms with E-state index >= 15 is 0 Å². The first kappa shape index (κ1) is 13.5. The van der Waals surface area contributed by atoms with Crippen LogP contribution in [0.5, 0.6) is 0 Å². The topological polar surface area (TPSA) is 56.7 Å². The predicted molar refractivity (Wildman–Crippen MR) is 83.3 cm³/mol. The molecule has 0 fully saturated rings. The van der Waals surface area contributed by atoms with Crippen LogP contribution in [-0.2, 0) is 0 Å². The third-order valence-electron chi connectivity index (χ3n) is 3.59. The summed E-state index contributed by atoms with van der Waals surface area (Å²) in [6.07, 6.45) is 1.78. The van der Waals surface area contributed by atoms with Gasteiger partial charge in [-0.1, -0.05) is 24.3 Å². The van der Waals surface area contributed by atoms with Gasteiger partial charge in [0.05, 0.1) is 17.4 Å². The molecule has 0 aliphatic heterocycles. The predicted octanol–water partition coefficient (Wildman–Crippen LogP) is 2.93. The van der Waals surface area contributed by atoms with Crippen LogP contribution in [0.3, 0.4) is 0 Å². The third kappa shape index (κ3) is 2.58. The van der Waals surface area contributed by atoms with Gasteiger partial charge in [-0.05, 0) is 43.7 Å². The van der Waals surface area contributed by atoms with E-state index in [9.17, 15) is 0 Å². The smallest absolute Gasteiger partial charge is 0.0745 e. The fraction of sp³-hybridized carbons (Fsp3) is 0.176. The molecule has 3 rings (SSSR count). The number of pyridine rings is 1. The Kier molecular flexibility index (Phi) is 3.54. The minimum atomic E-state index is -0.249. The molecule has 0 spiro atoms. The fourth-order valence-corrected chi connectivity index (χ4v) is 2.52. The summed E-state index contributed by atoms with van der Waals surface area (Å²) in [5.74, 6) is 0. The van der Waals surface area contributed by atoms with Crippen LogP contribution in [0.25, 0.3) is 5.69 Å². The highest BCUT2D eigenvalue weighted by Gasteiger charge is 2.17. The molecular weight excluding hydrogens is 260 g/mol. The third-order valence-corrected chi connectivity index (χ3v) is 3.59. The summed E-state index contributed by atoms with van der Waals surface area (Å²) in [7, 11) is 0. The first-order valence-electron chi connectivity index (χ1n) is 6.96. The van der Waals surface area contributed by atoms with Crippen molar-refractivity contribution in [2.45, 2.75) is 19.9 Å². The van der Waals surface area contributed by atoms with Crippen molar-refractivity contribution in [1.82, 2.24) is 14.8 Å². The summed E-state index contributed by atoms with van der Waals surface area (Å²) in [5.41, 5.74) is 11.4. The Morgan fingerprint density at radius 2 is 1.76 bits per heavy atom. The summed E-state index contributed by atoms with van der Waals surface area (Å²) in [5, 5.41) is 4.40. The Labute approximate surface area is 124 Å². The van der Waals surface area contributed by atoms with Gasteiger partial charge in [-0.3, -0.25) is 4.98 Å². The summed E-state index contributed by atoms with van der Waals surface area (Å²) < 4.78 is 1.88. The molecule has 2 N–H and O–H groups in total. The second-order valence-corrected chi connectivity index (χ2v) is 5.11. The number of benzene rings is 1. The molecule has 2 aromatic heterocycles. The molecule has 1 aromatic carbocycles. The van der Waals surface area contributed by atoms with Gasteiger partial charge in [0.15, 0.2) is 0 Å². The van der Waals surface area contributed by atoms with Crippen molar-refractivity contribution in [1.29, 1.82) is 0 Å². The lowest BCUT2D eigenvalue weighted by Crippen LogP contribution is -2.18. The summed E-state index contributed by atoms with van der Waals surface area (Å²) in [6, 6.07) is 15.7. The number of hydrogen-bond donors (Lipinski definition) is 1. The fourth-order valence-electron chi connectivity index (χ4n) is 2.52. The highest BCUT2D eigenvalue weighted by molar-refractivity contribution is 5.37. The number of para-hydroxylation sites is 1. The van der Waals surface area contributed by atoms with Crippen LogP contribution in [0.4, 0.5) is 0 Å². The second kappa shape index (κ2) is 5.50. The van der Waals surface area contributed by atoms with Crippen LogP contribution in [0.1, 0.15) is 28.7 Å². The highest BCUT2D eigenvalue weighted by atomic mass is 15.3. The Balaban J connectivity index is 2.03. The molecule has 1 unspecified atom stereocenters. The molecule has 1 atom stereocenters. The monoisotopic (exact) mass is 278 g/mol. The van der Waals surface area contributed by atoms with Crippen molar-refractivity contribution < 1.29 is 0 Å². The minimum Gasteiger partial charge on any atom is -0.319 e. The number of nitrogens with two attached hydrogens (primary N) is 1. The van der Waals surface area contributed by atoms with E-state index in [1.807, 2.05) is 67.1 Å². The molecular formula is C17H18N4. The maximum absolute atomic E-state index is 6.45. The molecule has 21 heavy (non-hydrogen) atoms. The van der Waals surface area contributed by atoms with Gasteiger partial charge in [-0.2, -0.15) is 5.10 Å². The maximum Gasteiger partial charge on any atom is 0.0745 e. The largest absolute Gasteiger partial charge is 0.319 e. The SMILES string of the molecule is Cc1ccc(C(N)c2ccnn2-c2ccccc2)c(C)n1. The summed E-state index contributed by atoms with van der Waals surface area (Å²) >= 11 is 0. The lowest BCUT2D eigenvalue weighted by Gasteiger charge is -2.16. The number of hydrogen-bond acceptors (Lipinski definition) is 3. The van der Waals surface area contributed by atoms with Gasteiger partial charge >= 0.3 is 0 Å². The van der Waals surface area contributed by atoms with E-state index in [0.717, 1.165) is 28.3 Å². The maximum atomic E-state index is 6.45. The van der Waals surface area contributed by atoms with Crippen molar-refractivity contribution in [2.24, 2.45) is 5.73 Å². The van der Waals surface area contributed by atoms with Gasteiger partial charge in [-0.25, -0.2) is 4.68 Å². The van der Waals surface area contributed by atoms with E-state index in [4.69, 9.17) is 5.73 Å². The average Bonchev–Trinajstić information content (AvgIpc) is 2.97. The van der Waals surface area contributed by atoms with Crippen LogP contribution >= 0.6 is 0 Å². The Hall–Kier alpha value is -2.46. The average molecular weight is 278 g/mol. The summed E-state index contributed by atoms with van der Waals surface area (Å²) in [4.78, 5) is 4.50. The Morgan fingerprint density at radius 1 is 1.00 bits per heavy atom. The van der Waals surface area contributed by atoms with Gasteiger partial charge < -0.3 is 5.73 Å². The quantitative estimate of drug-likeness (QED) is 0.801. The van der Waals surface area contributed by atoms with Gasteiger partial charge in [-0.15, -0.1) is 0 Å². The van der Waals surface area contributed by atoms with Gasteiger partial charge in [0.25, 0.3) is 0 Å². The van der Waals surface area contributed by atoms with E-state index in [-0.39, 0.29) is 6.04 Å². The van der Waals surface area contributed by atoms with Crippen molar-refractivity contribution in [3.8, 4) is 5.69 Å². The van der Waals surface area contributed by atoms with Crippen LogP contribution < -0.4 is 5.73 Å². The number of rotatable bonds is 3.